The van der Waals surface area contributed by atoms with Crippen LogP contribution in [0.15, 0.2) is 42.5 Å². The first-order valence-corrected chi connectivity index (χ1v) is 6.62. The van der Waals surface area contributed by atoms with Gasteiger partial charge in [-0.2, -0.15) is 0 Å². The van der Waals surface area contributed by atoms with Gasteiger partial charge in [0.25, 0.3) is 0 Å². The summed E-state index contributed by atoms with van der Waals surface area (Å²) in [6, 6.07) is 14.0. The number of rotatable bonds is 4. The second kappa shape index (κ2) is 5.70. The lowest BCUT2D eigenvalue weighted by Gasteiger charge is -2.11. The number of carbonyl (C=O) groups is 1. The Bertz CT molecular complexity index is 602. The molecule has 0 spiro atoms. The van der Waals surface area contributed by atoms with Crippen molar-refractivity contribution in [2.24, 2.45) is 0 Å². The van der Waals surface area contributed by atoms with Gasteiger partial charge in [-0.3, -0.25) is 4.79 Å². The lowest BCUT2D eigenvalue weighted by Crippen LogP contribution is -2.00. The minimum absolute atomic E-state index is 0.00546. The van der Waals surface area contributed by atoms with Crippen LogP contribution in [0.3, 0.4) is 0 Å². The number of hydrogen-bond donors (Lipinski definition) is 1. The second-order valence-electron chi connectivity index (χ2n) is 4.77. The molecule has 98 valence electrons. The molecule has 0 atom stereocenters. The van der Waals surface area contributed by atoms with Crippen LogP contribution in [0.1, 0.15) is 36.2 Å². The van der Waals surface area contributed by atoms with Crippen LogP contribution in [-0.4, -0.2) is 5.78 Å². The molecule has 0 radical (unpaired) electrons. The SMILES string of the molecule is CCCc1ccccc1-c1ccc(C(C)=O)c(N)c1. The molecule has 2 rings (SSSR count). The molecule has 0 bridgehead atoms. The van der Waals surface area contributed by atoms with Crippen LogP contribution in [0, 0.1) is 0 Å². The summed E-state index contributed by atoms with van der Waals surface area (Å²) in [5, 5.41) is 0. The summed E-state index contributed by atoms with van der Waals surface area (Å²) in [5.74, 6) is 0.00546. The smallest absolute Gasteiger partial charge is 0.161 e. The third-order valence-electron chi connectivity index (χ3n) is 3.28. The number of anilines is 1. The predicted octanol–water partition coefficient (Wildman–Crippen LogP) is 4.09. The van der Waals surface area contributed by atoms with Gasteiger partial charge >= 0.3 is 0 Å². The van der Waals surface area contributed by atoms with E-state index >= 15 is 0 Å². The molecule has 0 amide bonds. The van der Waals surface area contributed by atoms with E-state index in [1.54, 1.807) is 0 Å². The van der Waals surface area contributed by atoms with E-state index in [-0.39, 0.29) is 5.78 Å². The average Bonchev–Trinajstić information content (AvgIpc) is 2.39. The summed E-state index contributed by atoms with van der Waals surface area (Å²) in [7, 11) is 0. The van der Waals surface area contributed by atoms with E-state index < -0.39 is 0 Å². The highest BCUT2D eigenvalue weighted by Crippen LogP contribution is 2.28. The van der Waals surface area contributed by atoms with Gasteiger partial charge in [0, 0.05) is 11.3 Å². The molecular weight excluding hydrogens is 234 g/mol. The Morgan fingerprint density at radius 1 is 1.16 bits per heavy atom. The number of benzene rings is 2. The summed E-state index contributed by atoms with van der Waals surface area (Å²) in [6.07, 6.45) is 2.16. The monoisotopic (exact) mass is 253 g/mol. The lowest BCUT2D eigenvalue weighted by molar-refractivity contribution is 0.101. The first-order chi connectivity index (χ1) is 9.13. The van der Waals surface area contributed by atoms with Gasteiger partial charge in [0.05, 0.1) is 0 Å². The molecule has 0 unspecified atom stereocenters. The van der Waals surface area contributed by atoms with E-state index in [9.17, 15) is 4.79 Å². The van der Waals surface area contributed by atoms with Gasteiger partial charge in [-0.1, -0.05) is 43.7 Å². The zero-order valence-electron chi connectivity index (χ0n) is 11.4. The van der Waals surface area contributed by atoms with Gasteiger partial charge in [0.2, 0.25) is 0 Å². The van der Waals surface area contributed by atoms with Crippen molar-refractivity contribution in [3.63, 3.8) is 0 Å². The zero-order chi connectivity index (χ0) is 13.8. The molecule has 0 saturated carbocycles. The molecule has 0 aliphatic heterocycles. The normalized spacial score (nSPS) is 10.4. The number of nitrogens with two attached hydrogens (primary N) is 1. The maximum absolute atomic E-state index is 11.4. The molecule has 19 heavy (non-hydrogen) atoms. The summed E-state index contributed by atoms with van der Waals surface area (Å²) in [6.45, 7) is 3.71. The topological polar surface area (TPSA) is 43.1 Å². The van der Waals surface area contributed by atoms with E-state index in [1.165, 1.54) is 18.1 Å². The number of ketones is 1. The van der Waals surface area contributed by atoms with Crippen molar-refractivity contribution < 1.29 is 4.79 Å². The third-order valence-corrected chi connectivity index (χ3v) is 3.28. The van der Waals surface area contributed by atoms with Crippen molar-refractivity contribution in [1.29, 1.82) is 0 Å². The fourth-order valence-corrected chi connectivity index (χ4v) is 2.34. The van der Waals surface area contributed by atoms with Crippen molar-refractivity contribution in [1.82, 2.24) is 0 Å². The van der Waals surface area contributed by atoms with Crippen LogP contribution in [-0.2, 0) is 6.42 Å². The van der Waals surface area contributed by atoms with Crippen LogP contribution < -0.4 is 5.73 Å². The van der Waals surface area contributed by atoms with Crippen molar-refractivity contribution in [2.45, 2.75) is 26.7 Å². The van der Waals surface area contributed by atoms with Crippen LogP contribution >= 0.6 is 0 Å². The van der Waals surface area contributed by atoms with Crippen molar-refractivity contribution in [3.05, 3.63) is 53.6 Å². The van der Waals surface area contributed by atoms with Gasteiger partial charge in [0.1, 0.15) is 0 Å². The first-order valence-electron chi connectivity index (χ1n) is 6.62. The van der Waals surface area contributed by atoms with E-state index in [0.717, 1.165) is 18.4 Å². The zero-order valence-corrected chi connectivity index (χ0v) is 11.4. The lowest BCUT2D eigenvalue weighted by atomic mass is 9.95. The molecule has 0 saturated heterocycles. The fourth-order valence-electron chi connectivity index (χ4n) is 2.34. The van der Waals surface area contributed by atoms with Gasteiger partial charge in [-0.15, -0.1) is 0 Å². The fraction of sp³-hybridized carbons (Fsp3) is 0.235. The van der Waals surface area contributed by atoms with E-state index in [0.29, 0.717) is 11.3 Å². The summed E-state index contributed by atoms with van der Waals surface area (Å²) < 4.78 is 0. The number of nitrogen functional groups attached to an aromatic ring is 1. The Morgan fingerprint density at radius 2 is 1.89 bits per heavy atom. The Kier molecular flexibility index (Phi) is 4.00. The van der Waals surface area contributed by atoms with E-state index in [2.05, 4.69) is 25.1 Å². The summed E-state index contributed by atoms with van der Waals surface area (Å²) in [4.78, 5) is 11.4. The van der Waals surface area contributed by atoms with Crippen molar-refractivity contribution >= 4 is 11.5 Å². The van der Waals surface area contributed by atoms with Crippen LogP contribution in [0.2, 0.25) is 0 Å². The van der Waals surface area contributed by atoms with Crippen LogP contribution in [0.5, 0.6) is 0 Å². The molecule has 0 aromatic heterocycles. The van der Waals surface area contributed by atoms with Gasteiger partial charge < -0.3 is 5.73 Å². The second-order valence-corrected chi connectivity index (χ2v) is 4.77. The highest BCUT2D eigenvalue weighted by atomic mass is 16.1. The molecule has 2 nitrogen and oxygen atoms in total. The van der Waals surface area contributed by atoms with Crippen molar-refractivity contribution in [3.8, 4) is 11.1 Å². The standard InChI is InChI=1S/C17H19NO/c1-3-6-13-7-4-5-8-16(13)14-9-10-15(12(2)19)17(18)11-14/h4-5,7-11H,3,6,18H2,1-2H3. The molecule has 2 N–H and O–H groups in total. The minimum atomic E-state index is 0.00546. The largest absolute Gasteiger partial charge is 0.398 e. The van der Waals surface area contributed by atoms with Crippen LogP contribution in [0.4, 0.5) is 5.69 Å². The Balaban J connectivity index is 2.48. The summed E-state index contributed by atoms with van der Waals surface area (Å²) in [5.41, 5.74) is 10.7. The maximum Gasteiger partial charge on any atom is 0.161 e. The molecule has 0 aliphatic rings. The molecular formula is C17H19NO. The highest BCUT2D eigenvalue weighted by Gasteiger charge is 2.08. The Labute approximate surface area is 114 Å². The predicted molar refractivity (Wildman–Crippen MR) is 80.3 cm³/mol. The number of aryl methyl sites for hydroxylation is 1. The first kappa shape index (κ1) is 13.3. The van der Waals surface area contributed by atoms with Gasteiger partial charge in [0.15, 0.2) is 5.78 Å². The quantitative estimate of drug-likeness (QED) is 0.658. The molecule has 0 aliphatic carbocycles. The third kappa shape index (κ3) is 2.84. The maximum atomic E-state index is 11.4. The molecule has 0 heterocycles. The van der Waals surface area contributed by atoms with E-state index in [1.807, 2.05) is 24.3 Å². The Hall–Kier alpha value is -2.09. The van der Waals surface area contributed by atoms with Gasteiger partial charge in [-0.05, 0) is 42.2 Å². The number of carbonyl (C=O) groups excluding carboxylic acids is 1. The van der Waals surface area contributed by atoms with Gasteiger partial charge in [-0.25, -0.2) is 0 Å². The average molecular weight is 253 g/mol. The molecule has 2 heteroatoms. The highest BCUT2D eigenvalue weighted by molar-refractivity contribution is 5.99. The summed E-state index contributed by atoms with van der Waals surface area (Å²) >= 11 is 0. The molecule has 0 fully saturated rings. The Morgan fingerprint density at radius 3 is 2.53 bits per heavy atom. The minimum Gasteiger partial charge on any atom is -0.398 e. The number of Topliss-reactive ketones (excluding diaryl/α,β-unsaturated/α-hetero) is 1. The molecule has 2 aromatic rings. The van der Waals surface area contributed by atoms with E-state index in [4.69, 9.17) is 5.73 Å². The number of hydrogen-bond acceptors (Lipinski definition) is 2. The molecule has 2 aromatic carbocycles. The van der Waals surface area contributed by atoms with Crippen molar-refractivity contribution in [2.75, 3.05) is 5.73 Å². The van der Waals surface area contributed by atoms with Crippen LogP contribution in [0.25, 0.3) is 11.1 Å².